The number of hydrogen-bond acceptors (Lipinski definition) is 4. The lowest BCUT2D eigenvalue weighted by molar-refractivity contribution is 0.517. The Morgan fingerprint density at radius 1 is 1.32 bits per heavy atom. The van der Waals surface area contributed by atoms with E-state index in [-0.39, 0.29) is 18.9 Å². The molecule has 2 rings (SSSR count). The average molecular weight is 366 g/mol. The van der Waals surface area contributed by atoms with E-state index in [1.54, 1.807) is 16.8 Å². The Bertz CT molecular complexity index is 871. The van der Waals surface area contributed by atoms with E-state index >= 15 is 0 Å². The minimum Gasteiger partial charge on any atom is -0.327 e. The predicted molar refractivity (Wildman–Crippen MR) is 97.7 cm³/mol. The molecule has 136 valence electrons. The number of aryl methyl sites for hydroxylation is 1. The highest BCUT2D eigenvalue weighted by molar-refractivity contribution is 7.92. The van der Waals surface area contributed by atoms with Crippen LogP contribution in [-0.2, 0) is 23.0 Å². The largest absolute Gasteiger partial charge is 0.327 e. The van der Waals surface area contributed by atoms with E-state index < -0.39 is 10.0 Å². The summed E-state index contributed by atoms with van der Waals surface area (Å²) in [7, 11) is -3.29. The van der Waals surface area contributed by atoms with Crippen molar-refractivity contribution in [1.82, 2.24) is 9.78 Å². The van der Waals surface area contributed by atoms with E-state index in [4.69, 9.17) is 5.73 Å². The summed E-state index contributed by atoms with van der Waals surface area (Å²) >= 11 is 0. The van der Waals surface area contributed by atoms with Gasteiger partial charge >= 0.3 is 0 Å². The Kier molecular flexibility index (Phi) is 5.97. The molecule has 0 saturated carbocycles. The maximum absolute atomic E-state index is 13.7. The summed E-state index contributed by atoms with van der Waals surface area (Å²) in [6.45, 7) is 4.03. The number of sulfonamides is 1. The van der Waals surface area contributed by atoms with Gasteiger partial charge in [0.15, 0.2) is 0 Å². The molecule has 1 heterocycles. The molecular formula is C17H23FN4O2S. The average Bonchev–Trinajstić information content (AvgIpc) is 2.75. The van der Waals surface area contributed by atoms with E-state index in [1.165, 1.54) is 6.08 Å². The highest BCUT2D eigenvalue weighted by Gasteiger charge is 2.13. The zero-order chi connectivity index (χ0) is 18.6. The molecule has 6 nitrogen and oxygen atoms in total. The fourth-order valence-electron chi connectivity index (χ4n) is 2.59. The van der Waals surface area contributed by atoms with Crippen LogP contribution in [-0.4, -0.2) is 31.0 Å². The smallest absolute Gasteiger partial charge is 0.229 e. The molecule has 0 atom stereocenters. The standard InChI is InChI=1S/C17H23FN4O2S/c1-12-17(13(2)22(20-12)11-15(18)8-9-19)10-14-4-6-16(7-5-14)21-25(3,23)24/h4-8,21H,9-11,19H2,1-3H3/b15-8-. The number of nitrogens with one attached hydrogen (secondary N) is 1. The van der Waals surface area contributed by atoms with Crippen LogP contribution in [0.25, 0.3) is 0 Å². The first-order valence-electron chi connectivity index (χ1n) is 7.84. The lowest BCUT2D eigenvalue weighted by Crippen LogP contribution is -2.09. The van der Waals surface area contributed by atoms with Crippen LogP contribution in [0.2, 0.25) is 0 Å². The van der Waals surface area contributed by atoms with Gasteiger partial charge in [0.25, 0.3) is 0 Å². The number of nitrogens with two attached hydrogens (primary N) is 1. The lowest BCUT2D eigenvalue weighted by Gasteiger charge is -2.07. The van der Waals surface area contributed by atoms with Gasteiger partial charge in [0.1, 0.15) is 5.83 Å². The Balaban J connectivity index is 2.17. The number of benzene rings is 1. The summed E-state index contributed by atoms with van der Waals surface area (Å²) < 4.78 is 40.2. The predicted octanol–water partition coefficient (Wildman–Crippen LogP) is 2.27. The number of nitrogens with zero attached hydrogens (tertiary/aromatic N) is 2. The molecule has 25 heavy (non-hydrogen) atoms. The second-order valence-corrected chi connectivity index (χ2v) is 7.69. The van der Waals surface area contributed by atoms with Gasteiger partial charge in [-0.05, 0) is 37.6 Å². The highest BCUT2D eigenvalue weighted by Crippen LogP contribution is 2.20. The first kappa shape index (κ1) is 19.1. The summed E-state index contributed by atoms with van der Waals surface area (Å²) in [6.07, 6.45) is 3.09. The van der Waals surface area contributed by atoms with Crippen molar-refractivity contribution < 1.29 is 12.8 Å². The number of anilines is 1. The Hall–Kier alpha value is -2.19. The van der Waals surface area contributed by atoms with E-state index in [0.29, 0.717) is 12.1 Å². The molecule has 0 spiro atoms. The van der Waals surface area contributed by atoms with Crippen molar-refractivity contribution >= 4 is 15.7 Å². The van der Waals surface area contributed by atoms with Gasteiger partial charge < -0.3 is 5.73 Å². The molecule has 1 aromatic carbocycles. The monoisotopic (exact) mass is 366 g/mol. The van der Waals surface area contributed by atoms with Crippen molar-refractivity contribution in [2.45, 2.75) is 26.8 Å². The van der Waals surface area contributed by atoms with Crippen LogP contribution < -0.4 is 10.5 Å². The van der Waals surface area contributed by atoms with Crippen LogP contribution in [0.4, 0.5) is 10.1 Å². The van der Waals surface area contributed by atoms with E-state index in [1.807, 2.05) is 26.0 Å². The van der Waals surface area contributed by atoms with Gasteiger partial charge in [-0.1, -0.05) is 12.1 Å². The molecule has 0 unspecified atom stereocenters. The summed E-state index contributed by atoms with van der Waals surface area (Å²) in [6, 6.07) is 7.15. The van der Waals surface area contributed by atoms with Crippen LogP contribution in [0.3, 0.4) is 0 Å². The second kappa shape index (κ2) is 7.79. The molecule has 0 saturated heterocycles. The maximum Gasteiger partial charge on any atom is 0.229 e. The van der Waals surface area contributed by atoms with Gasteiger partial charge in [-0.3, -0.25) is 9.40 Å². The molecule has 3 N–H and O–H groups in total. The third-order valence-electron chi connectivity index (χ3n) is 3.81. The molecule has 0 aliphatic carbocycles. The van der Waals surface area contributed by atoms with Crippen LogP contribution >= 0.6 is 0 Å². The first-order valence-corrected chi connectivity index (χ1v) is 9.73. The molecule has 1 aromatic heterocycles. The number of aromatic nitrogens is 2. The second-order valence-electron chi connectivity index (χ2n) is 5.94. The molecule has 8 heteroatoms. The van der Waals surface area contributed by atoms with Crippen LogP contribution in [0.1, 0.15) is 22.5 Å². The molecule has 2 aromatic rings. The van der Waals surface area contributed by atoms with Gasteiger partial charge in [0.2, 0.25) is 10.0 Å². The van der Waals surface area contributed by atoms with Crippen molar-refractivity contribution in [1.29, 1.82) is 0 Å². The number of rotatable bonds is 7. The van der Waals surface area contributed by atoms with Gasteiger partial charge in [0.05, 0.1) is 18.5 Å². The lowest BCUT2D eigenvalue weighted by atomic mass is 10.0. The summed E-state index contributed by atoms with van der Waals surface area (Å²) in [5, 5.41) is 4.40. The Morgan fingerprint density at radius 2 is 1.96 bits per heavy atom. The topological polar surface area (TPSA) is 90.0 Å². The SMILES string of the molecule is Cc1nn(C/C(F)=C/CN)c(C)c1Cc1ccc(NS(C)(=O)=O)cc1. The van der Waals surface area contributed by atoms with Crippen molar-refractivity contribution in [3.63, 3.8) is 0 Å². The minimum atomic E-state index is -3.29. The molecular weight excluding hydrogens is 343 g/mol. The Morgan fingerprint density at radius 3 is 2.52 bits per heavy atom. The van der Waals surface area contributed by atoms with Crippen molar-refractivity contribution in [3.05, 3.63) is 58.7 Å². The fourth-order valence-corrected chi connectivity index (χ4v) is 3.15. The fraction of sp³-hybridized carbons (Fsp3) is 0.353. The van der Waals surface area contributed by atoms with Crippen LogP contribution in [0.15, 0.2) is 36.2 Å². The van der Waals surface area contributed by atoms with E-state index in [9.17, 15) is 12.8 Å². The van der Waals surface area contributed by atoms with Gasteiger partial charge in [-0.2, -0.15) is 5.10 Å². The third kappa shape index (κ3) is 5.40. The zero-order valence-electron chi connectivity index (χ0n) is 14.6. The van der Waals surface area contributed by atoms with Crippen LogP contribution in [0, 0.1) is 13.8 Å². The van der Waals surface area contributed by atoms with Gasteiger partial charge in [0, 0.05) is 29.9 Å². The van der Waals surface area contributed by atoms with Crippen molar-refractivity contribution in [3.8, 4) is 0 Å². The molecule has 0 aliphatic heterocycles. The van der Waals surface area contributed by atoms with Gasteiger partial charge in [-0.25, -0.2) is 12.8 Å². The summed E-state index contributed by atoms with van der Waals surface area (Å²) in [5.74, 6) is -0.309. The highest BCUT2D eigenvalue weighted by atomic mass is 32.2. The normalized spacial score (nSPS) is 12.4. The van der Waals surface area contributed by atoms with Crippen LogP contribution in [0.5, 0.6) is 0 Å². The number of halogens is 1. The zero-order valence-corrected chi connectivity index (χ0v) is 15.4. The van der Waals surface area contributed by atoms with E-state index in [0.717, 1.165) is 28.8 Å². The summed E-state index contributed by atoms with van der Waals surface area (Å²) in [4.78, 5) is 0. The van der Waals surface area contributed by atoms with Gasteiger partial charge in [-0.15, -0.1) is 0 Å². The maximum atomic E-state index is 13.7. The first-order chi connectivity index (χ1) is 11.7. The number of allylic oxidation sites excluding steroid dienone is 1. The number of hydrogen-bond donors (Lipinski definition) is 2. The minimum absolute atomic E-state index is 0.0705. The molecule has 0 fully saturated rings. The van der Waals surface area contributed by atoms with Crippen molar-refractivity contribution in [2.24, 2.45) is 5.73 Å². The molecule has 0 aliphatic rings. The Labute approximate surface area is 147 Å². The summed E-state index contributed by atoms with van der Waals surface area (Å²) in [5.41, 5.74) is 9.63. The van der Waals surface area contributed by atoms with Crippen molar-refractivity contribution in [2.75, 3.05) is 17.5 Å². The van der Waals surface area contributed by atoms with E-state index in [2.05, 4.69) is 9.82 Å². The molecule has 0 amide bonds. The third-order valence-corrected chi connectivity index (χ3v) is 4.42. The molecule has 0 bridgehead atoms. The quantitative estimate of drug-likeness (QED) is 0.787. The molecule has 0 radical (unpaired) electrons.